The van der Waals surface area contributed by atoms with Gasteiger partial charge in [-0.3, -0.25) is 4.98 Å². The lowest BCUT2D eigenvalue weighted by atomic mass is 9.94. The number of hydrogen-bond donors (Lipinski definition) is 2. The zero-order chi connectivity index (χ0) is 26.4. The Kier molecular flexibility index (Phi) is 7.08. The molecule has 2 aliphatic rings. The first-order valence-corrected chi connectivity index (χ1v) is 13.5. The van der Waals surface area contributed by atoms with Crippen LogP contribution in [0.4, 0.5) is 10.3 Å². The average molecular weight is 538 g/mol. The largest absolute Gasteiger partial charge is 0.394 e. The maximum absolute atomic E-state index is 14.7. The number of nitrogens with two attached hydrogens (primary N) is 1. The van der Waals surface area contributed by atoms with Gasteiger partial charge in [0.05, 0.1) is 46.1 Å². The number of anilines is 1. The molecule has 2 unspecified atom stereocenters. The Morgan fingerprint density at radius 1 is 1.35 bits per heavy atom. The van der Waals surface area contributed by atoms with Crippen LogP contribution in [-0.4, -0.2) is 39.6 Å². The molecule has 4 heterocycles. The average Bonchev–Trinajstić information content (AvgIpc) is 3.47. The number of rotatable bonds is 6. The third-order valence-electron chi connectivity index (χ3n) is 6.75. The van der Waals surface area contributed by atoms with E-state index in [1.54, 1.807) is 0 Å². The maximum atomic E-state index is 14.7. The molecular weight excluding hydrogens is 508 g/mol. The summed E-state index contributed by atoms with van der Waals surface area (Å²) in [6.07, 6.45) is 3.99. The van der Waals surface area contributed by atoms with E-state index >= 15 is 0 Å². The van der Waals surface area contributed by atoms with Gasteiger partial charge in [0.25, 0.3) is 0 Å². The first-order valence-electron chi connectivity index (χ1n) is 12.1. The molecule has 192 valence electrons. The third-order valence-corrected chi connectivity index (χ3v) is 8.18. The number of fused-ring (bicyclic) bond motifs is 3. The van der Waals surface area contributed by atoms with Gasteiger partial charge in [0.1, 0.15) is 6.07 Å². The standard InChI is InChI=1S/C26H29FN7OPS/c1-12(2)32-15-5-13(3)34(9-15)26-31-7-17-18-10-35-11-19(18)21(24(36)23(17)33-26)22-16(6-28)25(37-14(4)29)20(27)8-30-22/h7-8,12-13,15,32H,4-5,9-11,29,36H2,1-3H3/t13?,15-/m1/s1. The number of hydrogen-bond acceptors (Lipinski definition) is 9. The Morgan fingerprint density at radius 3 is 2.81 bits per heavy atom. The van der Waals surface area contributed by atoms with Crippen LogP contribution in [0, 0.1) is 17.1 Å². The summed E-state index contributed by atoms with van der Waals surface area (Å²) in [5.74, 6) is 0.0397. The van der Waals surface area contributed by atoms with Crippen molar-refractivity contribution in [2.75, 3.05) is 11.4 Å². The van der Waals surface area contributed by atoms with Crippen molar-refractivity contribution in [1.29, 1.82) is 5.26 Å². The van der Waals surface area contributed by atoms with Crippen LogP contribution in [0.1, 0.15) is 43.9 Å². The summed E-state index contributed by atoms with van der Waals surface area (Å²) in [7, 11) is 2.76. The van der Waals surface area contributed by atoms with Crippen molar-refractivity contribution in [3.05, 3.63) is 46.5 Å². The molecule has 0 amide bonds. The second-order valence-corrected chi connectivity index (χ2v) is 11.5. The third kappa shape index (κ3) is 4.66. The van der Waals surface area contributed by atoms with Crippen molar-refractivity contribution in [2.45, 2.75) is 63.4 Å². The number of thioether (sulfide) groups is 1. The van der Waals surface area contributed by atoms with Gasteiger partial charge in [-0.1, -0.05) is 32.2 Å². The molecule has 1 saturated heterocycles. The van der Waals surface area contributed by atoms with Gasteiger partial charge in [-0.05, 0) is 24.5 Å². The van der Waals surface area contributed by atoms with Gasteiger partial charge in [-0.15, -0.1) is 9.24 Å². The van der Waals surface area contributed by atoms with E-state index < -0.39 is 5.82 Å². The zero-order valence-electron chi connectivity index (χ0n) is 21.0. The Hall–Kier alpha value is -2.83. The number of pyridine rings is 1. The predicted octanol–water partition coefficient (Wildman–Crippen LogP) is 3.72. The lowest BCUT2D eigenvalue weighted by Crippen LogP contribution is -2.37. The number of nitrogens with zero attached hydrogens (tertiary/aromatic N) is 5. The number of nitrogens with one attached hydrogen (secondary N) is 1. The first-order chi connectivity index (χ1) is 17.7. The lowest BCUT2D eigenvalue weighted by Gasteiger charge is -2.23. The van der Waals surface area contributed by atoms with Crippen LogP contribution in [0.2, 0.25) is 0 Å². The van der Waals surface area contributed by atoms with E-state index in [0.29, 0.717) is 42.5 Å². The summed E-state index contributed by atoms with van der Waals surface area (Å²) in [5, 5.41) is 15.5. The number of benzene rings is 1. The highest BCUT2D eigenvalue weighted by Crippen LogP contribution is 2.40. The van der Waals surface area contributed by atoms with Gasteiger partial charge in [0.15, 0.2) is 5.82 Å². The fourth-order valence-electron chi connectivity index (χ4n) is 5.28. The predicted molar refractivity (Wildman–Crippen MR) is 148 cm³/mol. The minimum atomic E-state index is -0.618. The van der Waals surface area contributed by atoms with Gasteiger partial charge >= 0.3 is 0 Å². The van der Waals surface area contributed by atoms with E-state index in [4.69, 9.17) is 20.4 Å². The van der Waals surface area contributed by atoms with E-state index in [1.165, 1.54) is 0 Å². The van der Waals surface area contributed by atoms with Crippen molar-refractivity contribution < 1.29 is 9.13 Å². The summed E-state index contributed by atoms with van der Waals surface area (Å²) >= 11 is 0.921. The van der Waals surface area contributed by atoms with Crippen molar-refractivity contribution in [3.8, 4) is 17.3 Å². The molecular formula is C26H29FN7OPS. The highest BCUT2D eigenvalue weighted by atomic mass is 32.2. The second-order valence-electron chi connectivity index (χ2n) is 9.77. The molecule has 0 bridgehead atoms. The molecule has 5 rings (SSSR count). The summed E-state index contributed by atoms with van der Waals surface area (Å²) in [5.41, 5.74) is 9.55. The maximum Gasteiger partial charge on any atom is 0.226 e. The van der Waals surface area contributed by atoms with Gasteiger partial charge in [-0.25, -0.2) is 14.4 Å². The SMILES string of the molecule is C=C(N)Sc1c(F)cnc(-c2c3c(c4cnc(N5C[C@H](NC(C)C)CC5C)nc4c2P)COC3)c1C#N. The van der Waals surface area contributed by atoms with E-state index in [2.05, 4.69) is 57.9 Å². The van der Waals surface area contributed by atoms with Crippen molar-refractivity contribution in [2.24, 2.45) is 5.73 Å². The molecule has 3 atom stereocenters. The molecule has 3 aromatic rings. The van der Waals surface area contributed by atoms with Gasteiger partial charge in [-0.2, -0.15) is 5.26 Å². The Balaban J connectivity index is 1.68. The van der Waals surface area contributed by atoms with Crippen molar-refractivity contribution in [1.82, 2.24) is 20.3 Å². The smallest absolute Gasteiger partial charge is 0.226 e. The molecule has 0 saturated carbocycles. The monoisotopic (exact) mass is 537 g/mol. The highest BCUT2D eigenvalue weighted by Gasteiger charge is 2.32. The fraction of sp³-hybridized carbons (Fsp3) is 0.385. The number of ether oxygens (including phenoxy) is 1. The molecule has 11 heteroatoms. The summed E-state index contributed by atoms with van der Waals surface area (Å²) in [6, 6.07) is 3.19. The fourth-order valence-corrected chi connectivity index (χ4v) is 6.47. The van der Waals surface area contributed by atoms with E-state index in [1.807, 2.05) is 6.20 Å². The molecule has 3 N–H and O–H groups in total. The summed E-state index contributed by atoms with van der Waals surface area (Å²) < 4.78 is 20.5. The van der Waals surface area contributed by atoms with Gasteiger partial charge < -0.3 is 20.7 Å². The molecule has 1 fully saturated rings. The number of nitriles is 1. The van der Waals surface area contributed by atoms with E-state index in [-0.39, 0.29) is 21.5 Å². The van der Waals surface area contributed by atoms with Gasteiger partial charge in [0.2, 0.25) is 5.95 Å². The van der Waals surface area contributed by atoms with Crippen LogP contribution < -0.4 is 21.3 Å². The van der Waals surface area contributed by atoms with Crippen molar-refractivity contribution in [3.63, 3.8) is 0 Å². The minimum absolute atomic E-state index is 0.107. The molecule has 0 aliphatic carbocycles. The van der Waals surface area contributed by atoms with E-state index in [9.17, 15) is 9.65 Å². The molecule has 37 heavy (non-hydrogen) atoms. The summed E-state index contributed by atoms with van der Waals surface area (Å²) in [6.45, 7) is 11.7. The topological polar surface area (TPSA) is 113 Å². The Labute approximate surface area is 222 Å². The molecule has 8 nitrogen and oxygen atoms in total. The molecule has 2 aliphatic heterocycles. The quantitative estimate of drug-likeness (QED) is 0.359. The zero-order valence-corrected chi connectivity index (χ0v) is 23.0. The second kappa shape index (κ2) is 10.1. The minimum Gasteiger partial charge on any atom is -0.394 e. The van der Waals surface area contributed by atoms with Crippen LogP contribution in [0.5, 0.6) is 0 Å². The Morgan fingerprint density at radius 2 is 2.11 bits per heavy atom. The van der Waals surface area contributed by atoms with E-state index in [0.717, 1.165) is 58.3 Å². The Bertz CT molecular complexity index is 1460. The van der Waals surface area contributed by atoms with Gasteiger partial charge in [0, 0.05) is 47.1 Å². The van der Waals surface area contributed by atoms with Crippen LogP contribution in [-0.2, 0) is 18.0 Å². The van der Waals surface area contributed by atoms with Crippen LogP contribution in [0.15, 0.2) is 28.9 Å². The van der Waals surface area contributed by atoms with Crippen LogP contribution >= 0.6 is 21.0 Å². The number of halogens is 1. The number of aromatic nitrogens is 3. The summed E-state index contributed by atoms with van der Waals surface area (Å²) in [4.78, 5) is 16.5. The first kappa shape index (κ1) is 25.8. The van der Waals surface area contributed by atoms with Crippen LogP contribution in [0.3, 0.4) is 0 Å². The van der Waals surface area contributed by atoms with Crippen molar-refractivity contribution >= 4 is 43.2 Å². The van der Waals surface area contributed by atoms with Crippen LogP contribution in [0.25, 0.3) is 22.2 Å². The normalized spacial score (nSPS) is 19.0. The lowest BCUT2D eigenvalue weighted by molar-refractivity contribution is 0.135. The molecule has 2 aromatic heterocycles. The molecule has 0 spiro atoms. The molecule has 0 radical (unpaired) electrons. The highest BCUT2D eigenvalue weighted by molar-refractivity contribution is 8.03. The molecule has 1 aromatic carbocycles.